The molecule has 2 aromatic rings. The Balaban J connectivity index is 2.20. The Hall–Kier alpha value is -1.20. The van der Waals surface area contributed by atoms with E-state index in [1.54, 1.807) is 0 Å². The van der Waals surface area contributed by atoms with E-state index >= 15 is 0 Å². The van der Waals surface area contributed by atoms with E-state index in [-0.39, 0.29) is 5.97 Å². The molecule has 0 atom stereocenters. The highest BCUT2D eigenvalue weighted by Crippen LogP contribution is 2.22. The maximum absolute atomic E-state index is 11.5. The molecular weight excluding hydrogens is 314 g/mol. The van der Waals surface area contributed by atoms with Gasteiger partial charge >= 0.3 is 5.97 Å². The summed E-state index contributed by atoms with van der Waals surface area (Å²) < 4.78 is 5.77. The molecule has 18 heavy (non-hydrogen) atoms. The van der Waals surface area contributed by atoms with Crippen LogP contribution in [-0.2, 0) is 11.2 Å². The van der Waals surface area contributed by atoms with E-state index < -0.39 is 0 Å². The lowest BCUT2D eigenvalue weighted by atomic mass is 10.2. The fraction of sp³-hybridized carbons (Fsp3) is 0.231. The maximum Gasteiger partial charge on any atom is 0.349 e. The van der Waals surface area contributed by atoms with Gasteiger partial charge in [0.2, 0.25) is 0 Å². The van der Waals surface area contributed by atoms with Crippen LogP contribution in [0.4, 0.5) is 0 Å². The number of rotatable bonds is 3. The van der Waals surface area contributed by atoms with Crippen molar-refractivity contribution in [3.8, 4) is 0 Å². The summed E-state index contributed by atoms with van der Waals surface area (Å²) in [6, 6.07) is 8.07. The Morgan fingerprint density at radius 2 is 2.06 bits per heavy atom. The summed E-state index contributed by atoms with van der Waals surface area (Å²) in [7, 11) is 1.38. The van der Waals surface area contributed by atoms with Crippen molar-refractivity contribution >= 4 is 33.2 Å². The number of benzene rings is 1. The summed E-state index contributed by atoms with van der Waals surface area (Å²) in [4.78, 5) is 16.5. The molecule has 1 aromatic carbocycles. The van der Waals surface area contributed by atoms with E-state index in [0.29, 0.717) is 4.88 Å². The van der Waals surface area contributed by atoms with E-state index in [9.17, 15) is 4.79 Å². The number of thiazole rings is 1. The van der Waals surface area contributed by atoms with Crippen molar-refractivity contribution in [2.24, 2.45) is 0 Å². The number of esters is 1. The molecule has 94 valence electrons. The number of carbonyl (C=O) groups is 1. The Bertz CT molecular complexity index is 563. The average Bonchev–Trinajstić information content (AvgIpc) is 2.72. The van der Waals surface area contributed by atoms with Crippen LogP contribution in [0.3, 0.4) is 0 Å². The molecule has 5 heteroatoms. The molecule has 0 unspecified atom stereocenters. The van der Waals surface area contributed by atoms with Gasteiger partial charge in [-0.3, -0.25) is 0 Å². The third-order valence-electron chi connectivity index (χ3n) is 2.48. The lowest BCUT2D eigenvalue weighted by molar-refractivity contribution is 0.0605. The Kier molecular flexibility index (Phi) is 4.14. The van der Waals surface area contributed by atoms with Crippen molar-refractivity contribution in [3.05, 3.63) is 49.9 Å². The average molecular weight is 326 g/mol. The van der Waals surface area contributed by atoms with E-state index in [4.69, 9.17) is 4.74 Å². The molecule has 0 bridgehead atoms. The molecule has 0 fully saturated rings. The second-order valence-electron chi connectivity index (χ2n) is 3.82. The van der Waals surface area contributed by atoms with Gasteiger partial charge in [0.15, 0.2) is 0 Å². The van der Waals surface area contributed by atoms with Gasteiger partial charge in [-0.15, -0.1) is 11.3 Å². The number of carbonyl (C=O) groups excluding carboxylic acids is 1. The van der Waals surface area contributed by atoms with E-state index in [2.05, 4.69) is 20.9 Å². The molecule has 0 amide bonds. The summed E-state index contributed by atoms with van der Waals surface area (Å²) in [5, 5.41) is 0.926. The zero-order valence-corrected chi connectivity index (χ0v) is 12.5. The summed E-state index contributed by atoms with van der Waals surface area (Å²) in [6.45, 7) is 1.83. The smallest absolute Gasteiger partial charge is 0.349 e. The molecule has 0 saturated heterocycles. The van der Waals surface area contributed by atoms with Gasteiger partial charge in [-0.05, 0) is 24.6 Å². The van der Waals surface area contributed by atoms with Crippen LogP contribution in [0, 0.1) is 6.92 Å². The number of halogens is 1. The second kappa shape index (κ2) is 5.63. The predicted molar refractivity (Wildman–Crippen MR) is 75.1 cm³/mol. The Morgan fingerprint density at radius 3 is 2.67 bits per heavy atom. The third-order valence-corrected chi connectivity index (χ3v) is 4.15. The first-order valence-corrected chi connectivity index (χ1v) is 7.00. The van der Waals surface area contributed by atoms with Gasteiger partial charge in [-0.25, -0.2) is 9.78 Å². The minimum atomic E-state index is -0.313. The fourth-order valence-corrected chi connectivity index (χ4v) is 2.87. The number of aromatic nitrogens is 1. The van der Waals surface area contributed by atoms with Gasteiger partial charge in [-0.2, -0.15) is 0 Å². The minimum Gasteiger partial charge on any atom is -0.465 e. The van der Waals surface area contributed by atoms with Gasteiger partial charge in [0, 0.05) is 10.9 Å². The molecule has 0 N–H and O–H groups in total. The lowest BCUT2D eigenvalue weighted by Gasteiger charge is -1.97. The summed E-state index contributed by atoms with van der Waals surface area (Å²) in [6.07, 6.45) is 0.732. The topological polar surface area (TPSA) is 39.2 Å². The van der Waals surface area contributed by atoms with Gasteiger partial charge in [0.05, 0.1) is 17.8 Å². The molecule has 2 rings (SSSR count). The maximum atomic E-state index is 11.5. The van der Waals surface area contributed by atoms with Crippen molar-refractivity contribution in [2.45, 2.75) is 13.3 Å². The largest absolute Gasteiger partial charge is 0.465 e. The van der Waals surface area contributed by atoms with E-state index in [1.165, 1.54) is 24.0 Å². The molecule has 0 aliphatic carbocycles. The second-order valence-corrected chi connectivity index (χ2v) is 5.82. The van der Waals surface area contributed by atoms with Crippen LogP contribution >= 0.6 is 27.3 Å². The lowest BCUT2D eigenvalue weighted by Crippen LogP contribution is -1.99. The quantitative estimate of drug-likeness (QED) is 0.809. The number of ether oxygens (including phenoxy) is 1. The highest BCUT2D eigenvalue weighted by atomic mass is 79.9. The third kappa shape index (κ3) is 2.97. The Labute approximate surface area is 118 Å². The monoisotopic (exact) mass is 325 g/mol. The molecule has 0 aliphatic heterocycles. The first-order valence-electron chi connectivity index (χ1n) is 5.39. The van der Waals surface area contributed by atoms with Crippen molar-refractivity contribution < 1.29 is 9.53 Å². The standard InChI is InChI=1S/C13H12BrNO2S/c1-8-12(13(16)17-2)18-11(15-8)7-9-3-5-10(14)6-4-9/h3-6H,7H2,1-2H3. The predicted octanol–water partition coefficient (Wildman–Crippen LogP) is 3.59. The fourth-order valence-electron chi connectivity index (χ4n) is 1.59. The van der Waals surface area contributed by atoms with Crippen LogP contribution in [0.2, 0.25) is 0 Å². The van der Waals surface area contributed by atoms with E-state index in [1.807, 2.05) is 31.2 Å². The van der Waals surface area contributed by atoms with E-state index in [0.717, 1.165) is 21.6 Å². The molecule has 1 aromatic heterocycles. The van der Waals surface area contributed by atoms with Crippen LogP contribution in [0.1, 0.15) is 25.9 Å². The SMILES string of the molecule is COC(=O)c1sc(Cc2ccc(Br)cc2)nc1C. The number of methoxy groups -OCH3 is 1. The summed E-state index contributed by atoms with van der Waals surface area (Å²) in [5.41, 5.74) is 1.90. The van der Waals surface area contributed by atoms with Crippen LogP contribution in [0.5, 0.6) is 0 Å². The van der Waals surface area contributed by atoms with Gasteiger partial charge in [0.25, 0.3) is 0 Å². The van der Waals surface area contributed by atoms with Crippen molar-refractivity contribution in [2.75, 3.05) is 7.11 Å². The van der Waals surface area contributed by atoms with Crippen LogP contribution in [0.25, 0.3) is 0 Å². The van der Waals surface area contributed by atoms with Crippen molar-refractivity contribution in [1.29, 1.82) is 0 Å². The minimum absolute atomic E-state index is 0.313. The molecule has 0 spiro atoms. The van der Waals surface area contributed by atoms with Crippen molar-refractivity contribution in [1.82, 2.24) is 4.98 Å². The molecule has 0 saturated carbocycles. The van der Waals surface area contributed by atoms with Gasteiger partial charge in [0.1, 0.15) is 4.88 Å². The molecule has 0 radical (unpaired) electrons. The van der Waals surface area contributed by atoms with Crippen LogP contribution < -0.4 is 0 Å². The number of hydrogen-bond acceptors (Lipinski definition) is 4. The normalized spacial score (nSPS) is 10.4. The van der Waals surface area contributed by atoms with Crippen LogP contribution in [0.15, 0.2) is 28.7 Å². The highest BCUT2D eigenvalue weighted by Gasteiger charge is 2.15. The first-order chi connectivity index (χ1) is 8.60. The zero-order chi connectivity index (χ0) is 13.1. The Morgan fingerprint density at radius 1 is 1.39 bits per heavy atom. The van der Waals surface area contributed by atoms with Gasteiger partial charge in [-0.1, -0.05) is 28.1 Å². The summed E-state index contributed by atoms with van der Waals surface area (Å²) >= 11 is 4.79. The van der Waals surface area contributed by atoms with Gasteiger partial charge < -0.3 is 4.74 Å². The number of nitrogens with zero attached hydrogens (tertiary/aromatic N) is 1. The molecule has 0 aliphatic rings. The molecule has 3 nitrogen and oxygen atoms in total. The number of aryl methyl sites for hydroxylation is 1. The molecule has 1 heterocycles. The van der Waals surface area contributed by atoms with Crippen LogP contribution in [-0.4, -0.2) is 18.1 Å². The zero-order valence-electron chi connectivity index (χ0n) is 10.1. The number of hydrogen-bond donors (Lipinski definition) is 0. The van der Waals surface area contributed by atoms with Crippen molar-refractivity contribution in [3.63, 3.8) is 0 Å². The molecular formula is C13H12BrNO2S. The highest BCUT2D eigenvalue weighted by molar-refractivity contribution is 9.10. The summed E-state index contributed by atoms with van der Waals surface area (Å²) in [5.74, 6) is -0.313. The first kappa shape index (κ1) is 13.2.